The summed E-state index contributed by atoms with van der Waals surface area (Å²) in [7, 11) is 0. The van der Waals surface area contributed by atoms with Crippen molar-refractivity contribution in [2.24, 2.45) is 17.8 Å². The second-order valence-electron chi connectivity index (χ2n) is 7.87. The zero-order valence-electron chi connectivity index (χ0n) is 17.2. The fraction of sp³-hybridized carbons (Fsp3) is 0.261. The molecule has 4 rings (SSSR count). The van der Waals surface area contributed by atoms with Gasteiger partial charge in [-0.05, 0) is 30.0 Å². The van der Waals surface area contributed by atoms with Crippen molar-refractivity contribution in [1.29, 1.82) is 0 Å². The Labute approximate surface area is 189 Å². The van der Waals surface area contributed by atoms with E-state index in [1.54, 1.807) is 24.3 Å². The number of hydrogen-bond acceptors (Lipinski definition) is 5. The molecule has 1 aliphatic heterocycles. The molecule has 0 radical (unpaired) electrons. The van der Waals surface area contributed by atoms with E-state index in [0.717, 1.165) is 10.0 Å². The van der Waals surface area contributed by atoms with Gasteiger partial charge in [-0.1, -0.05) is 61.0 Å². The molecule has 0 aromatic heterocycles. The molecule has 2 aliphatic rings. The van der Waals surface area contributed by atoms with Crippen molar-refractivity contribution < 1.29 is 19.3 Å². The van der Waals surface area contributed by atoms with Crippen LogP contribution in [0, 0.1) is 27.9 Å². The van der Waals surface area contributed by atoms with Crippen molar-refractivity contribution in [3.63, 3.8) is 0 Å². The molecule has 0 bridgehead atoms. The van der Waals surface area contributed by atoms with Crippen molar-refractivity contribution in [2.45, 2.75) is 19.9 Å². The molecule has 0 spiro atoms. The van der Waals surface area contributed by atoms with Crippen molar-refractivity contribution in [2.75, 3.05) is 0 Å². The number of carbonyl (C=O) groups is 3. The number of para-hydroxylation sites is 1. The lowest BCUT2D eigenvalue weighted by atomic mass is 9.78. The highest BCUT2D eigenvalue weighted by atomic mass is 35.5. The Morgan fingerprint density at radius 1 is 1.16 bits per heavy atom. The van der Waals surface area contributed by atoms with Crippen LogP contribution in [0.25, 0.3) is 0 Å². The van der Waals surface area contributed by atoms with Gasteiger partial charge in [-0.25, -0.2) is 5.01 Å². The molecule has 164 valence electrons. The first-order valence-corrected chi connectivity index (χ1v) is 10.5. The van der Waals surface area contributed by atoms with E-state index in [0.29, 0.717) is 17.0 Å². The third-order valence-electron chi connectivity index (χ3n) is 5.93. The third-order valence-corrected chi connectivity index (χ3v) is 6.30. The Morgan fingerprint density at radius 3 is 2.53 bits per heavy atom. The molecule has 1 saturated heterocycles. The van der Waals surface area contributed by atoms with E-state index >= 15 is 0 Å². The number of nitro groups is 1. The van der Waals surface area contributed by atoms with Crippen LogP contribution < -0.4 is 0 Å². The maximum atomic E-state index is 13.6. The molecule has 1 aliphatic carbocycles. The zero-order chi connectivity index (χ0) is 23.0. The smallest absolute Gasteiger partial charge is 0.272 e. The minimum Gasteiger partial charge on any atom is -0.272 e. The number of rotatable bonds is 5. The SMILES string of the molecule is C[C@@H]1C=CC[C@@H]2C(=O)N(N(Cc3ccccc3Cl)C(=O)c3ccccc3[N+](=O)[O-])C(=O)[C@H]12. The summed E-state index contributed by atoms with van der Waals surface area (Å²) < 4.78 is 0. The number of hydrazine groups is 1. The summed E-state index contributed by atoms with van der Waals surface area (Å²) in [5.41, 5.74) is -0.123. The van der Waals surface area contributed by atoms with Crippen LogP contribution in [0.1, 0.15) is 29.3 Å². The van der Waals surface area contributed by atoms with Crippen LogP contribution in [0.15, 0.2) is 60.7 Å². The van der Waals surface area contributed by atoms with E-state index in [-0.39, 0.29) is 18.0 Å². The van der Waals surface area contributed by atoms with Gasteiger partial charge in [-0.3, -0.25) is 24.5 Å². The first-order valence-electron chi connectivity index (χ1n) is 10.1. The second kappa shape index (κ2) is 8.55. The number of carbonyl (C=O) groups excluding carboxylic acids is 3. The summed E-state index contributed by atoms with van der Waals surface area (Å²) in [5, 5.41) is 13.7. The van der Waals surface area contributed by atoms with Crippen LogP contribution in [-0.2, 0) is 16.1 Å². The standard InChI is InChI=1S/C23H20ClN3O5/c1-14-7-6-10-17-20(14)23(30)26(22(17)29)25(13-15-8-2-4-11-18(15)24)21(28)16-9-3-5-12-19(16)27(31)32/h2-9,11-12,14,17,20H,10,13H2,1H3/t14-,17+,20-/m1/s1. The maximum Gasteiger partial charge on any atom is 0.282 e. The molecule has 2 aromatic carbocycles. The van der Waals surface area contributed by atoms with Gasteiger partial charge >= 0.3 is 0 Å². The zero-order valence-corrected chi connectivity index (χ0v) is 17.9. The number of fused-ring (bicyclic) bond motifs is 1. The lowest BCUT2D eigenvalue weighted by Gasteiger charge is -2.31. The number of nitrogens with zero attached hydrogens (tertiary/aromatic N) is 3. The molecule has 0 saturated carbocycles. The Kier molecular flexibility index (Phi) is 5.80. The Hall–Kier alpha value is -3.52. The van der Waals surface area contributed by atoms with Crippen LogP contribution in [0.4, 0.5) is 5.69 Å². The summed E-state index contributed by atoms with van der Waals surface area (Å²) >= 11 is 6.28. The predicted octanol–water partition coefficient (Wildman–Crippen LogP) is 4.00. The molecule has 0 N–H and O–H groups in total. The number of amides is 3. The highest BCUT2D eigenvalue weighted by Gasteiger charge is 2.53. The van der Waals surface area contributed by atoms with Crippen molar-refractivity contribution in [1.82, 2.24) is 10.0 Å². The molecular weight excluding hydrogens is 434 g/mol. The molecule has 3 atom stereocenters. The van der Waals surface area contributed by atoms with Gasteiger partial charge in [0.2, 0.25) is 0 Å². The second-order valence-corrected chi connectivity index (χ2v) is 8.28. The van der Waals surface area contributed by atoms with Gasteiger partial charge in [-0.2, -0.15) is 5.01 Å². The van der Waals surface area contributed by atoms with Crippen molar-refractivity contribution >= 4 is 35.0 Å². The molecule has 9 heteroatoms. The minimum atomic E-state index is -0.821. The van der Waals surface area contributed by atoms with Crippen LogP contribution >= 0.6 is 11.6 Å². The van der Waals surface area contributed by atoms with Crippen LogP contribution in [0.2, 0.25) is 5.02 Å². The normalized spacial score (nSPS) is 22.1. The van der Waals surface area contributed by atoms with E-state index in [1.807, 2.05) is 19.1 Å². The predicted molar refractivity (Wildman–Crippen MR) is 116 cm³/mol. The average Bonchev–Trinajstić information content (AvgIpc) is 3.04. The van der Waals surface area contributed by atoms with Crippen molar-refractivity contribution in [3.05, 3.63) is 86.9 Å². The third kappa shape index (κ3) is 3.67. The minimum absolute atomic E-state index is 0.168. The van der Waals surface area contributed by atoms with Gasteiger partial charge in [0, 0.05) is 11.1 Å². The Balaban J connectivity index is 1.80. The first kappa shape index (κ1) is 21.7. The summed E-state index contributed by atoms with van der Waals surface area (Å²) in [6, 6.07) is 12.2. The van der Waals surface area contributed by atoms with Crippen LogP contribution in [0.3, 0.4) is 0 Å². The number of imide groups is 1. The molecule has 0 unspecified atom stereocenters. The number of halogens is 1. The van der Waals surface area contributed by atoms with Gasteiger partial charge < -0.3 is 0 Å². The molecule has 3 amide bonds. The largest absolute Gasteiger partial charge is 0.282 e. The van der Waals surface area contributed by atoms with E-state index in [4.69, 9.17) is 11.6 Å². The van der Waals surface area contributed by atoms with E-state index < -0.39 is 40.2 Å². The molecule has 1 fully saturated rings. The van der Waals surface area contributed by atoms with Crippen molar-refractivity contribution in [3.8, 4) is 0 Å². The van der Waals surface area contributed by atoms with E-state index in [1.165, 1.54) is 24.3 Å². The fourth-order valence-corrected chi connectivity index (χ4v) is 4.54. The highest BCUT2D eigenvalue weighted by molar-refractivity contribution is 6.31. The quantitative estimate of drug-likeness (QED) is 0.295. The topological polar surface area (TPSA) is 101 Å². The molecule has 1 heterocycles. The molecule has 8 nitrogen and oxygen atoms in total. The molecule has 32 heavy (non-hydrogen) atoms. The lowest BCUT2D eigenvalue weighted by Crippen LogP contribution is -2.50. The van der Waals surface area contributed by atoms with E-state index in [9.17, 15) is 24.5 Å². The van der Waals surface area contributed by atoms with E-state index in [2.05, 4.69) is 0 Å². The number of benzene rings is 2. The number of nitro benzene ring substituents is 1. The van der Waals surface area contributed by atoms with Gasteiger partial charge in [0.25, 0.3) is 23.4 Å². The van der Waals surface area contributed by atoms with Gasteiger partial charge in [0.1, 0.15) is 5.56 Å². The molecular formula is C23H20ClN3O5. The summed E-state index contributed by atoms with van der Waals surface area (Å²) in [5.74, 6) is -3.13. The average molecular weight is 454 g/mol. The van der Waals surface area contributed by atoms with Gasteiger partial charge in [0.15, 0.2) is 0 Å². The number of allylic oxidation sites excluding steroid dienone is 2. The van der Waals surface area contributed by atoms with Gasteiger partial charge in [-0.15, -0.1) is 0 Å². The fourth-order valence-electron chi connectivity index (χ4n) is 4.34. The Bertz CT molecular complexity index is 1150. The van der Waals surface area contributed by atoms with Gasteiger partial charge in [0.05, 0.1) is 23.3 Å². The summed E-state index contributed by atoms with van der Waals surface area (Å²) in [4.78, 5) is 51.0. The van der Waals surface area contributed by atoms with Crippen LogP contribution in [-0.4, -0.2) is 32.7 Å². The summed E-state index contributed by atoms with van der Waals surface area (Å²) in [6.07, 6.45) is 4.15. The lowest BCUT2D eigenvalue weighted by molar-refractivity contribution is -0.385. The maximum absolute atomic E-state index is 13.6. The summed E-state index contributed by atoms with van der Waals surface area (Å²) in [6.45, 7) is 1.66. The highest BCUT2D eigenvalue weighted by Crippen LogP contribution is 2.40. The first-order chi connectivity index (χ1) is 15.3. The van der Waals surface area contributed by atoms with Crippen LogP contribution in [0.5, 0.6) is 0 Å². The Morgan fingerprint density at radius 2 is 1.84 bits per heavy atom. The number of hydrogen-bond donors (Lipinski definition) is 0. The monoisotopic (exact) mass is 453 g/mol. The molecule has 2 aromatic rings.